The van der Waals surface area contributed by atoms with Gasteiger partial charge in [-0.25, -0.2) is 8.97 Å². The van der Waals surface area contributed by atoms with Crippen molar-refractivity contribution >= 4 is 12.1 Å². The van der Waals surface area contributed by atoms with Gasteiger partial charge in [-0.1, -0.05) is 25.8 Å². The first kappa shape index (κ1) is 22.4. The molecule has 2 bridgehead atoms. The van der Waals surface area contributed by atoms with Gasteiger partial charge < -0.3 is 15.5 Å². The van der Waals surface area contributed by atoms with Crippen molar-refractivity contribution in [2.24, 2.45) is 11.7 Å². The van der Waals surface area contributed by atoms with Crippen molar-refractivity contribution in [1.82, 2.24) is 9.80 Å². The number of carbonyl (C=O) groups is 1. The molecular weight excluding hydrogens is 391 g/mol. The number of hydrogen-bond acceptors (Lipinski definition) is 3. The van der Waals surface area contributed by atoms with Gasteiger partial charge in [-0.2, -0.15) is 0 Å². The SMILES string of the molecule is CCCCC1C[N+](CC)=CC(N)C1c1ccc(C(=O)N2CCN3CCC2CC3)cc1F. The van der Waals surface area contributed by atoms with Crippen molar-refractivity contribution in [3.8, 4) is 0 Å². The summed E-state index contributed by atoms with van der Waals surface area (Å²) in [6.45, 7) is 9.94. The molecule has 3 fully saturated rings. The highest BCUT2D eigenvalue weighted by molar-refractivity contribution is 5.94. The number of piperidine rings is 1. The second-order valence-corrected chi connectivity index (χ2v) is 9.55. The van der Waals surface area contributed by atoms with Crippen LogP contribution in [0.15, 0.2) is 18.2 Å². The molecule has 31 heavy (non-hydrogen) atoms. The molecule has 0 radical (unpaired) electrons. The zero-order valence-electron chi connectivity index (χ0n) is 19.1. The van der Waals surface area contributed by atoms with Crippen molar-refractivity contribution in [2.75, 3.05) is 39.3 Å². The fourth-order valence-electron chi connectivity index (χ4n) is 5.81. The molecule has 6 heteroatoms. The third-order valence-corrected chi connectivity index (χ3v) is 7.63. The number of rotatable bonds is 6. The number of hydrogen-bond donors (Lipinski definition) is 1. The van der Waals surface area contributed by atoms with Gasteiger partial charge in [0.05, 0.1) is 6.04 Å². The molecular formula is C25H38FN4O+. The Balaban J connectivity index is 1.57. The summed E-state index contributed by atoms with van der Waals surface area (Å²) < 4.78 is 17.7. The van der Waals surface area contributed by atoms with E-state index >= 15 is 4.39 Å². The molecule has 0 aliphatic carbocycles. The zero-order chi connectivity index (χ0) is 22.0. The Morgan fingerprint density at radius 2 is 1.97 bits per heavy atom. The lowest BCUT2D eigenvalue weighted by Crippen LogP contribution is -2.46. The Hall–Kier alpha value is -1.79. The van der Waals surface area contributed by atoms with Gasteiger partial charge in [-0.05, 0) is 43.9 Å². The van der Waals surface area contributed by atoms with Crippen LogP contribution in [0.4, 0.5) is 4.39 Å². The van der Waals surface area contributed by atoms with Gasteiger partial charge in [-0.15, -0.1) is 0 Å². The van der Waals surface area contributed by atoms with E-state index in [0.29, 0.717) is 17.0 Å². The molecule has 4 aliphatic rings. The quantitative estimate of drug-likeness (QED) is 0.707. The molecule has 4 heterocycles. The minimum atomic E-state index is -0.283. The maximum absolute atomic E-state index is 15.4. The number of unbranched alkanes of at least 4 members (excludes halogenated alkanes) is 1. The molecule has 0 saturated carbocycles. The summed E-state index contributed by atoms with van der Waals surface area (Å²) in [4.78, 5) is 17.6. The molecule has 0 aromatic heterocycles. The molecule has 3 saturated heterocycles. The Morgan fingerprint density at radius 3 is 2.65 bits per heavy atom. The van der Waals surface area contributed by atoms with Gasteiger partial charge in [0, 0.05) is 49.6 Å². The maximum Gasteiger partial charge on any atom is 0.254 e. The first-order valence-corrected chi connectivity index (χ1v) is 12.2. The predicted molar refractivity (Wildman–Crippen MR) is 122 cm³/mol. The van der Waals surface area contributed by atoms with Crippen molar-refractivity contribution < 1.29 is 13.8 Å². The van der Waals surface area contributed by atoms with Crippen LogP contribution in [-0.4, -0.2) is 77.8 Å². The number of nitrogens with two attached hydrogens (primary N) is 1. The van der Waals surface area contributed by atoms with Gasteiger partial charge in [0.15, 0.2) is 6.21 Å². The third kappa shape index (κ3) is 4.70. The van der Waals surface area contributed by atoms with Crippen LogP contribution in [0.2, 0.25) is 0 Å². The van der Waals surface area contributed by atoms with Crippen molar-refractivity contribution in [1.29, 1.82) is 0 Å². The first-order chi connectivity index (χ1) is 15.0. The average molecular weight is 430 g/mol. The highest BCUT2D eigenvalue weighted by Gasteiger charge is 2.38. The van der Waals surface area contributed by atoms with E-state index in [2.05, 4.69) is 29.5 Å². The first-order valence-electron chi connectivity index (χ1n) is 12.2. The number of fused-ring (bicyclic) bond motifs is 4. The lowest BCUT2D eigenvalue weighted by molar-refractivity contribution is -0.534. The van der Waals surface area contributed by atoms with Crippen LogP contribution in [0.3, 0.4) is 0 Å². The molecule has 170 valence electrons. The van der Waals surface area contributed by atoms with E-state index in [1.807, 2.05) is 17.0 Å². The Morgan fingerprint density at radius 1 is 1.19 bits per heavy atom. The summed E-state index contributed by atoms with van der Waals surface area (Å²) >= 11 is 0. The molecule has 1 aromatic carbocycles. The van der Waals surface area contributed by atoms with Crippen LogP contribution in [0.5, 0.6) is 0 Å². The molecule has 5 nitrogen and oxygen atoms in total. The predicted octanol–water partition coefficient (Wildman–Crippen LogP) is 3.08. The van der Waals surface area contributed by atoms with E-state index in [1.165, 1.54) is 6.07 Å². The largest absolute Gasteiger partial charge is 0.334 e. The lowest BCUT2D eigenvalue weighted by Gasteiger charge is -2.33. The number of amides is 1. The van der Waals surface area contributed by atoms with Gasteiger partial charge in [0.25, 0.3) is 5.91 Å². The van der Waals surface area contributed by atoms with Crippen LogP contribution in [0.1, 0.15) is 67.8 Å². The summed E-state index contributed by atoms with van der Waals surface area (Å²) in [5.74, 6) is -0.0291. The molecule has 3 unspecified atom stereocenters. The average Bonchev–Trinajstić information content (AvgIpc) is 3.11. The van der Waals surface area contributed by atoms with Crippen molar-refractivity contribution in [3.05, 3.63) is 35.1 Å². The van der Waals surface area contributed by atoms with E-state index in [-0.39, 0.29) is 29.7 Å². The van der Waals surface area contributed by atoms with Gasteiger partial charge in [-0.3, -0.25) is 4.79 Å². The number of benzene rings is 1. The minimum Gasteiger partial charge on any atom is -0.334 e. The van der Waals surface area contributed by atoms with E-state index in [1.54, 1.807) is 0 Å². The minimum absolute atomic E-state index is 0.0293. The zero-order valence-corrected chi connectivity index (χ0v) is 19.1. The van der Waals surface area contributed by atoms with Crippen molar-refractivity contribution in [3.63, 3.8) is 0 Å². The van der Waals surface area contributed by atoms with Gasteiger partial charge in [0.1, 0.15) is 18.9 Å². The van der Waals surface area contributed by atoms with Gasteiger partial charge >= 0.3 is 0 Å². The van der Waals surface area contributed by atoms with Crippen LogP contribution in [-0.2, 0) is 0 Å². The summed E-state index contributed by atoms with van der Waals surface area (Å²) in [5, 5.41) is 0. The normalized spacial score (nSPS) is 30.8. The molecule has 2 N–H and O–H groups in total. The molecule has 3 atom stereocenters. The summed E-state index contributed by atoms with van der Waals surface area (Å²) in [7, 11) is 0. The second kappa shape index (κ2) is 9.78. The fraction of sp³-hybridized carbons (Fsp3) is 0.680. The monoisotopic (exact) mass is 429 g/mol. The molecule has 4 aliphatic heterocycles. The maximum atomic E-state index is 15.4. The van der Waals surface area contributed by atoms with Crippen LogP contribution in [0.25, 0.3) is 0 Å². The van der Waals surface area contributed by atoms with E-state index < -0.39 is 0 Å². The molecule has 5 rings (SSSR count). The number of nitrogens with zero attached hydrogens (tertiary/aromatic N) is 3. The smallest absolute Gasteiger partial charge is 0.254 e. The highest BCUT2D eigenvalue weighted by Crippen LogP contribution is 2.35. The second-order valence-electron chi connectivity index (χ2n) is 9.55. The number of halogens is 1. The van der Waals surface area contributed by atoms with E-state index in [4.69, 9.17) is 5.73 Å². The molecule has 0 spiro atoms. The van der Waals surface area contributed by atoms with Gasteiger partial charge in [0.2, 0.25) is 0 Å². The van der Waals surface area contributed by atoms with Crippen molar-refractivity contribution in [2.45, 2.75) is 64.0 Å². The Kier molecular flexibility index (Phi) is 7.07. The third-order valence-electron chi connectivity index (χ3n) is 7.63. The van der Waals surface area contributed by atoms with Crippen LogP contribution in [0, 0.1) is 11.7 Å². The Bertz CT molecular complexity index is 818. The Labute approximate surface area is 186 Å². The summed E-state index contributed by atoms with van der Waals surface area (Å²) in [6.07, 6.45) is 7.40. The summed E-state index contributed by atoms with van der Waals surface area (Å²) in [6, 6.07) is 5.20. The lowest BCUT2D eigenvalue weighted by atomic mass is 9.76. The molecule has 1 aromatic rings. The van der Waals surface area contributed by atoms with E-state index in [0.717, 1.165) is 71.4 Å². The van der Waals surface area contributed by atoms with E-state index in [9.17, 15) is 4.79 Å². The fourth-order valence-corrected chi connectivity index (χ4v) is 5.81. The highest BCUT2D eigenvalue weighted by atomic mass is 19.1. The van der Waals surface area contributed by atoms with Crippen LogP contribution >= 0.6 is 0 Å². The number of carbonyl (C=O) groups excluding carboxylic acids is 1. The molecule has 1 amide bonds. The summed E-state index contributed by atoms with van der Waals surface area (Å²) in [5.41, 5.74) is 7.67. The van der Waals surface area contributed by atoms with Crippen LogP contribution < -0.4 is 5.73 Å². The topological polar surface area (TPSA) is 52.6 Å². The standard InChI is InChI=1S/C25H38FN4O/c1-3-5-6-19-16-28(4-2)17-23(27)24(19)21-8-7-18(15-22(21)26)25(31)30-14-13-29-11-9-20(30)10-12-29/h7-8,15,17,19-20,23-24H,3-6,9-14,16,27H2,1-2H3/q+1.